The molecule has 2 aromatic carbocycles. The summed E-state index contributed by atoms with van der Waals surface area (Å²) in [4.78, 5) is 18.5. The summed E-state index contributed by atoms with van der Waals surface area (Å²) >= 11 is 0. The second-order valence-electron chi connectivity index (χ2n) is 9.37. The topological polar surface area (TPSA) is 121 Å². The van der Waals surface area contributed by atoms with Crippen LogP contribution in [0.2, 0.25) is 0 Å². The quantitative estimate of drug-likeness (QED) is 0.245. The number of tetrazole rings is 1. The highest BCUT2D eigenvalue weighted by Crippen LogP contribution is 2.32. The Morgan fingerprint density at radius 3 is 2.45 bits per heavy atom. The van der Waals surface area contributed by atoms with Crippen molar-refractivity contribution in [1.82, 2.24) is 30.1 Å². The monoisotopic (exact) mass is 544 g/mol. The van der Waals surface area contributed by atoms with Crippen LogP contribution in [0.3, 0.4) is 0 Å². The Hall–Kier alpha value is -4.64. The summed E-state index contributed by atoms with van der Waals surface area (Å²) < 4.78 is 23.5. The molecule has 11 heteroatoms. The van der Waals surface area contributed by atoms with E-state index in [0.29, 0.717) is 54.5 Å². The van der Waals surface area contributed by atoms with Gasteiger partial charge in [0, 0.05) is 30.1 Å². The van der Waals surface area contributed by atoms with Crippen LogP contribution in [0, 0.1) is 0 Å². The third kappa shape index (κ3) is 5.69. The second-order valence-corrected chi connectivity index (χ2v) is 9.37. The van der Waals surface area contributed by atoms with Crippen molar-refractivity contribution in [1.29, 1.82) is 0 Å². The number of aromatic amines is 1. The van der Waals surface area contributed by atoms with Gasteiger partial charge in [-0.3, -0.25) is 9.69 Å². The number of nitrogens with zero attached hydrogens (tertiary/aromatic N) is 5. The van der Waals surface area contributed by atoms with E-state index in [4.69, 9.17) is 18.6 Å². The SMILES string of the molecule is CCC(c1nnnn1Cc1ccco1)N(Cc1ccc(OC)cc1)Cc1cc2cc(OC)c(OC)cc2[nH]c1=O. The van der Waals surface area contributed by atoms with Crippen LogP contribution in [0.4, 0.5) is 0 Å². The van der Waals surface area contributed by atoms with Crippen molar-refractivity contribution >= 4 is 10.9 Å². The van der Waals surface area contributed by atoms with E-state index >= 15 is 0 Å². The maximum Gasteiger partial charge on any atom is 0.252 e. The molecule has 0 spiro atoms. The van der Waals surface area contributed by atoms with E-state index in [2.05, 4.69) is 32.3 Å². The lowest BCUT2D eigenvalue weighted by molar-refractivity contribution is 0.161. The van der Waals surface area contributed by atoms with E-state index < -0.39 is 0 Å². The van der Waals surface area contributed by atoms with Gasteiger partial charge in [-0.05, 0) is 58.8 Å². The molecule has 0 bridgehead atoms. The number of nitrogens with one attached hydrogen (secondary N) is 1. The molecule has 0 aliphatic heterocycles. The number of pyridine rings is 1. The number of fused-ring (bicyclic) bond motifs is 1. The summed E-state index contributed by atoms with van der Waals surface area (Å²) in [5, 5.41) is 13.4. The highest BCUT2D eigenvalue weighted by molar-refractivity contribution is 5.83. The number of H-pyrrole nitrogens is 1. The molecule has 5 aromatic rings. The van der Waals surface area contributed by atoms with Crippen molar-refractivity contribution in [3.05, 3.63) is 93.9 Å². The number of hydrogen-bond donors (Lipinski definition) is 1. The zero-order valence-electron chi connectivity index (χ0n) is 23.0. The molecule has 1 atom stereocenters. The summed E-state index contributed by atoms with van der Waals surface area (Å²) in [6.45, 7) is 3.40. The summed E-state index contributed by atoms with van der Waals surface area (Å²) in [7, 11) is 4.80. The average Bonchev–Trinajstić information content (AvgIpc) is 3.66. The summed E-state index contributed by atoms with van der Waals surface area (Å²) in [6.07, 6.45) is 2.34. The fourth-order valence-electron chi connectivity index (χ4n) is 4.87. The fraction of sp³-hybridized carbons (Fsp3) is 0.310. The number of furan rings is 1. The first-order valence-electron chi connectivity index (χ1n) is 13.0. The van der Waals surface area contributed by atoms with Crippen LogP contribution in [0.5, 0.6) is 17.2 Å². The van der Waals surface area contributed by atoms with Gasteiger partial charge in [-0.15, -0.1) is 5.10 Å². The maximum absolute atomic E-state index is 13.3. The fourth-order valence-corrected chi connectivity index (χ4v) is 4.87. The van der Waals surface area contributed by atoms with Gasteiger partial charge in [0.05, 0.1) is 39.2 Å². The third-order valence-electron chi connectivity index (χ3n) is 6.91. The first kappa shape index (κ1) is 26.9. The number of ether oxygens (including phenoxy) is 3. The lowest BCUT2D eigenvalue weighted by atomic mass is 10.1. The molecule has 40 heavy (non-hydrogen) atoms. The molecule has 1 unspecified atom stereocenters. The molecule has 0 saturated heterocycles. The molecule has 1 N–H and O–H groups in total. The van der Waals surface area contributed by atoms with Gasteiger partial charge in [0.2, 0.25) is 0 Å². The van der Waals surface area contributed by atoms with E-state index in [9.17, 15) is 4.79 Å². The van der Waals surface area contributed by atoms with E-state index in [-0.39, 0.29) is 11.6 Å². The molecular formula is C29H32N6O5. The Labute approximate surface area is 231 Å². The summed E-state index contributed by atoms with van der Waals surface area (Å²) in [6, 6.07) is 17.0. The minimum absolute atomic E-state index is 0.176. The molecule has 11 nitrogen and oxygen atoms in total. The Bertz CT molecular complexity index is 1610. The van der Waals surface area contributed by atoms with Crippen LogP contribution in [-0.2, 0) is 19.6 Å². The molecule has 208 valence electrons. The average molecular weight is 545 g/mol. The molecule has 0 radical (unpaired) electrons. The van der Waals surface area contributed by atoms with Crippen molar-refractivity contribution in [2.75, 3.05) is 21.3 Å². The smallest absolute Gasteiger partial charge is 0.252 e. The minimum Gasteiger partial charge on any atom is -0.497 e. The summed E-state index contributed by atoms with van der Waals surface area (Å²) in [5.41, 5.74) is 2.16. The number of rotatable bonds is 12. The molecule has 0 aliphatic carbocycles. The van der Waals surface area contributed by atoms with Crippen LogP contribution in [0.1, 0.15) is 42.1 Å². The molecule has 0 aliphatic rings. The highest BCUT2D eigenvalue weighted by Gasteiger charge is 2.26. The standard InChI is InChI=1S/C29H32N6O5/c1-5-25(28-31-32-33-35(28)18-23-7-6-12-40-23)34(16-19-8-10-22(37-2)11-9-19)17-21-13-20-14-26(38-3)27(39-4)15-24(20)30-29(21)36/h6-15,25H,5,16-18H2,1-4H3,(H,30,36). The zero-order valence-corrected chi connectivity index (χ0v) is 23.0. The minimum atomic E-state index is -0.187. The van der Waals surface area contributed by atoms with Gasteiger partial charge in [-0.2, -0.15) is 0 Å². The maximum atomic E-state index is 13.3. The Balaban J connectivity index is 1.53. The highest BCUT2D eigenvalue weighted by atomic mass is 16.5. The van der Waals surface area contributed by atoms with Crippen molar-refractivity contribution in [2.24, 2.45) is 0 Å². The van der Waals surface area contributed by atoms with Crippen molar-refractivity contribution in [3.8, 4) is 17.2 Å². The van der Waals surface area contributed by atoms with Gasteiger partial charge in [0.25, 0.3) is 5.56 Å². The number of methoxy groups -OCH3 is 3. The van der Waals surface area contributed by atoms with Gasteiger partial charge >= 0.3 is 0 Å². The Morgan fingerprint density at radius 1 is 1.00 bits per heavy atom. The van der Waals surface area contributed by atoms with E-state index in [1.165, 1.54) is 0 Å². The lowest BCUT2D eigenvalue weighted by Crippen LogP contribution is -2.32. The molecule has 0 fully saturated rings. The van der Waals surface area contributed by atoms with Gasteiger partial charge in [-0.25, -0.2) is 4.68 Å². The van der Waals surface area contributed by atoms with E-state index in [1.54, 1.807) is 38.3 Å². The summed E-state index contributed by atoms with van der Waals surface area (Å²) in [5.74, 6) is 3.36. The second kappa shape index (κ2) is 12.0. The van der Waals surface area contributed by atoms with Crippen LogP contribution < -0.4 is 19.8 Å². The Kier molecular flexibility index (Phi) is 8.11. The first-order valence-corrected chi connectivity index (χ1v) is 13.0. The molecule has 0 saturated carbocycles. The van der Waals surface area contributed by atoms with Gasteiger partial charge in [0.1, 0.15) is 18.1 Å². The number of aromatic nitrogens is 5. The third-order valence-corrected chi connectivity index (χ3v) is 6.91. The molecule has 0 amide bonds. The van der Waals surface area contributed by atoms with Crippen LogP contribution in [0.15, 0.2) is 70.1 Å². The van der Waals surface area contributed by atoms with Crippen LogP contribution >= 0.6 is 0 Å². The van der Waals surface area contributed by atoms with E-state index in [1.807, 2.05) is 48.5 Å². The van der Waals surface area contributed by atoms with Crippen molar-refractivity contribution < 1.29 is 18.6 Å². The van der Waals surface area contributed by atoms with Gasteiger partial charge in [-0.1, -0.05) is 19.1 Å². The zero-order chi connectivity index (χ0) is 28.1. The first-order chi connectivity index (χ1) is 19.5. The lowest BCUT2D eigenvalue weighted by Gasteiger charge is -2.30. The normalized spacial score (nSPS) is 12.1. The van der Waals surface area contributed by atoms with Crippen LogP contribution in [-0.4, -0.2) is 51.4 Å². The molecule has 3 heterocycles. The predicted molar refractivity (Wildman–Crippen MR) is 149 cm³/mol. The van der Waals surface area contributed by atoms with Gasteiger partial charge in [0.15, 0.2) is 17.3 Å². The van der Waals surface area contributed by atoms with Gasteiger partial charge < -0.3 is 23.6 Å². The number of benzene rings is 2. The predicted octanol–water partition coefficient (Wildman–Crippen LogP) is 4.34. The van der Waals surface area contributed by atoms with Crippen molar-refractivity contribution in [2.45, 2.75) is 39.0 Å². The molecular weight excluding hydrogens is 512 g/mol. The van der Waals surface area contributed by atoms with Crippen LogP contribution in [0.25, 0.3) is 10.9 Å². The van der Waals surface area contributed by atoms with Crippen molar-refractivity contribution in [3.63, 3.8) is 0 Å². The molecule has 5 rings (SSSR count). The molecule has 3 aromatic heterocycles. The Morgan fingerprint density at radius 2 is 1.77 bits per heavy atom. The largest absolute Gasteiger partial charge is 0.497 e. The van der Waals surface area contributed by atoms with E-state index in [0.717, 1.165) is 22.5 Å². The number of hydrogen-bond acceptors (Lipinski definition) is 9.